The minimum atomic E-state index is 0.695. The Hall–Kier alpha value is -0.520. The molecule has 2 unspecified atom stereocenters. The zero-order chi connectivity index (χ0) is 11.0. The SMILES string of the molecule is CC(C)C1=CC2CCCC2C(C(C)C)=C1. The first-order valence-electron chi connectivity index (χ1n) is 6.52. The first-order valence-corrected chi connectivity index (χ1v) is 6.52. The van der Waals surface area contributed by atoms with E-state index in [9.17, 15) is 0 Å². The summed E-state index contributed by atoms with van der Waals surface area (Å²) in [5, 5.41) is 0. The summed E-state index contributed by atoms with van der Waals surface area (Å²) in [7, 11) is 0. The van der Waals surface area contributed by atoms with E-state index in [4.69, 9.17) is 0 Å². The highest BCUT2D eigenvalue weighted by Gasteiger charge is 2.32. The maximum atomic E-state index is 2.56. The molecule has 0 aromatic rings. The van der Waals surface area contributed by atoms with Crippen LogP contribution in [0, 0.1) is 23.7 Å². The van der Waals surface area contributed by atoms with E-state index in [1.54, 1.807) is 11.1 Å². The van der Waals surface area contributed by atoms with E-state index in [-0.39, 0.29) is 0 Å². The van der Waals surface area contributed by atoms with Crippen LogP contribution in [0.1, 0.15) is 47.0 Å². The Morgan fingerprint density at radius 2 is 1.80 bits per heavy atom. The van der Waals surface area contributed by atoms with Crippen LogP contribution in [0.2, 0.25) is 0 Å². The van der Waals surface area contributed by atoms with Crippen molar-refractivity contribution < 1.29 is 0 Å². The van der Waals surface area contributed by atoms with Gasteiger partial charge in [-0.15, -0.1) is 0 Å². The lowest BCUT2D eigenvalue weighted by molar-refractivity contribution is 0.466. The summed E-state index contributed by atoms with van der Waals surface area (Å²) in [6.07, 6.45) is 9.35. The molecule has 0 N–H and O–H groups in total. The van der Waals surface area contributed by atoms with Gasteiger partial charge in [0.1, 0.15) is 0 Å². The van der Waals surface area contributed by atoms with Gasteiger partial charge in [-0.3, -0.25) is 0 Å². The van der Waals surface area contributed by atoms with Crippen LogP contribution in [0.5, 0.6) is 0 Å². The van der Waals surface area contributed by atoms with Crippen molar-refractivity contribution >= 4 is 0 Å². The zero-order valence-corrected chi connectivity index (χ0v) is 10.6. The molecule has 1 fully saturated rings. The maximum absolute atomic E-state index is 2.56. The van der Waals surface area contributed by atoms with Crippen molar-refractivity contribution in [2.24, 2.45) is 23.7 Å². The van der Waals surface area contributed by atoms with Gasteiger partial charge in [-0.25, -0.2) is 0 Å². The molecule has 0 bridgehead atoms. The van der Waals surface area contributed by atoms with Crippen LogP contribution >= 0.6 is 0 Å². The van der Waals surface area contributed by atoms with Crippen LogP contribution in [0.25, 0.3) is 0 Å². The van der Waals surface area contributed by atoms with Crippen LogP contribution in [-0.4, -0.2) is 0 Å². The van der Waals surface area contributed by atoms with Crippen molar-refractivity contribution in [1.82, 2.24) is 0 Å². The molecule has 0 saturated heterocycles. The summed E-state index contributed by atoms with van der Waals surface area (Å²) in [6, 6.07) is 0. The average molecular weight is 204 g/mol. The second kappa shape index (κ2) is 4.15. The van der Waals surface area contributed by atoms with E-state index in [0.717, 1.165) is 17.8 Å². The van der Waals surface area contributed by atoms with Crippen molar-refractivity contribution in [3.63, 3.8) is 0 Å². The van der Waals surface area contributed by atoms with Gasteiger partial charge < -0.3 is 0 Å². The lowest BCUT2D eigenvalue weighted by atomic mass is 9.76. The first kappa shape index (κ1) is 11.0. The van der Waals surface area contributed by atoms with Crippen molar-refractivity contribution in [2.75, 3.05) is 0 Å². The smallest absolute Gasteiger partial charge is 0.0134 e. The van der Waals surface area contributed by atoms with E-state index in [2.05, 4.69) is 39.8 Å². The van der Waals surface area contributed by atoms with Crippen LogP contribution in [0.4, 0.5) is 0 Å². The maximum Gasteiger partial charge on any atom is -0.0134 e. The molecule has 2 aliphatic carbocycles. The molecule has 0 spiro atoms. The molecule has 84 valence electrons. The predicted octanol–water partition coefficient (Wildman–Crippen LogP) is 4.58. The molecule has 0 aliphatic heterocycles. The zero-order valence-electron chi connectivity index (χ0n) is 10.6. The van der Waals surface area contributed by atoms with Gasteiger partial charge in [0.15, 0.2) is 0 Å². The first-order chi connectivity index (χ1) is 7.09. The predicted molar refractivity (Wildman–Crippen MR) is 66.7 cm³/mol. The van der Waals surface area contributed by atoms with E-state index in [0.29, 0.717) is 5.92 Å². The van der Waals surface area contributed by atoms with Gasteiger partial charge in [0.05, 0.1) is 0 Å². The Morgan fingerprint density at radius 1 is 1.07 bits per heavy atom. The topological polar surface area (TPSA) is 0 Å². The Kier molecular flexibility index (Phi) is 3.04. The number of fused-ring (bicyclic) bond motifs is 1. The number of allylic oxidation sites excluding steroid dienone is 4. The summed E-state index contributed by atoms with van der Waals surface area (Å²) >= 11 is 0. The third kappa shape index (κ3) is 2.04. The largest absolute Gasteiger partial charge is 0.0773 e. The van der Waals surface area contributed by atoms with Gasteiger partial charge in [-0.1, -0.05) is 51.8 Å². The molecule has 0 heteroatoms. The lowest BCUT2D eigenvalue weighted by Gasteiger charge is -2.29. The molecule has 15 heavy (non-hydrogen) atoms. The van der Waals surface area contributed by atoms with E-state index in [1.807, 2.05) is 0 Å². The van der Waals surface area contributed by atoms with Gasteiger partial charge in [0.25, 0.3) is 0 Å². The molecule has 0 radical (unpaired) electrons. The number of hydrogen-bond donors (Lipinski definition) is 0. The molecular weight excluding hydrogens is 180 g/mol. The minimum Gasteiger partial charge on any atom is -0.0773 e. The molecule has 0 heterocycles. The Balaban J connectivity index is 2.30. The highest BCUT2D eigenvalue weighted by molar-refractivity contribution is 5.34. The number of hydrogen-bond acceptors (Lipinski definition) is 0. The van der Waals surface area contributed by atoms with Gasteiger partial charge in [0.2, 0.25) is 0 Å². The molecule has 2 aliphatic rings. The highest BCUT2D eigenvalue weighted by Crippen LogP contribution is 2.44. The Morgan fingerprint density at radius 3 is 2.40 bits per heavy atom. The molecule has 2 rings (SSSR count). The minimum absolute atomic E-state index is 0.695. The summed E-state index contributed by atoms with van der Waals surface area (Å²) in [5.41, 5.74) is 3.31. The fraction of sp³-hybridized carbons (Fsp3) is 0.733. The van der Waals surface area contributed by atoms with Gasteiger partial charge in [-0.05, 0) is 42.1 Å². The van der Waals surface area contributed by atoms with Crippen molar-refractivity contribution in [2.45, 2.75) is 47.0 Å². The van der Waals surface area contributed by atoms with Crippen molar-refractivity contribution in [3.05, 3.63) is 23.3 Å². The second-order valence-electron chi connectivity index (χ2n) is 5.82. The summed E-state index contributed by atoms with van der Waals surface area (Å²) < 4.78 is 0. The molecule has 2 atom stereocenters. The summed E-state index contributed by atoms with van der Waals surface area (Å²) in [6.45, 7) is 9.33. The monoisotopic (exact) mass is 204 g/mol. The normalized spacial score (nSPS) is 30.5. The van der Waals surface area contributed by atoms with E-state index >= 15 is 0 Å². The van der Waals surface area contributed by atoms with E-state index < -0.39 is 0 Å². The Bertz CT molecular complexity index is 291. The average Bonchev–Trinajstić information content (AvgIpc) is 2.62. The Labute approximate surface area is 94.5 Å². The third-order valence-corrected chi connectivity index (χ3v) is 4.07. The van der Waals surface area contributed by atoms with Crippen LogP contribution in [0.3, 0.4) is 0 Å². The van der Waals surface area contributed by atoms with Gasteiger partial charge in [-0.2, -0.15) is 0 Å². The standard InChI is InChI=1S/C15H24/c1-10(2)13-8-12-6-5-7-14(12)15(9-13)11(3)4/h8-12,14H,5-7H2,1-4H3. The highest BCUT2D eigenvalue weighted by atomic mass is 14.4. The van der Waals surface area contributed by atoms with E-state index in [1.165, 1.54) is 19.3 Å². The van der Waals surface area contributed by atoms with Crippen LogP contribution < -0.4 is 0 Å². The second-order valence-corrected chi connectivity index (χ2v) is 5.82. The molecule has 0 aromatic heterocycles. The van der Waals surface area contributed by atoms with Gasteiger partial charge >= 0.3 is 0 Å². The molecule has 1 saturated carbocycles. The van der Waals surface area contributed by atoms with Crippen LogP contribution in [-0.2, 0) is 0 Å². The van der Waals surface area contributed by atoms with Gasteiger partial charge in [0, 0.05) is 0 Å². The number of rotatable bonds is 2. The molecule has 0 aromatic carbocycles. The quantitative estimate of drug-likeness (QED) is 0.617. The summed E-state index contributed by atoms with van der Waals surface area (Å²) in [5.74, 6) is 3.18. The molecule has 0 amide bonds. The van der Waals surface area contributed by atoms with Crippen molar-refractivity contribution in [3.8, 4) is 0 Å². The van der Waals surface area contributed by atoms with Crippen molar-refractivity contribution in [1.29, 1.82) is 0 Å². The fourth-order valence-corrected chi connectivity index (χ4v) is 3.15. The fourth-order valence-electron chi connectivity index (χ4n) is 3.15. The third-order valence-electron chi connectivity index (χ3n) is 4.07. The molecular formula is C15H24. The lowest BCUT2D eigenvalue weighted by Crippen LogP contribution is -2.18. The summed E-state index contributed by atoms with van der Waals surface area (Å²) in [4.78, 5) is 0. The molecule has 0 nitrogen and oxygen atoms in total. The van der Waals surface area contributed by atoms with Crippen LogP contribution in [0.15, 0.2) is 23.3 Å².